The van der Waals surface area contributed by atoms with Crippen LogP contribution in [0.15, 0.2) is 16.9 Å². The third-order valence-corrected chi connectivity index (χ3v) is 4.40. The van der Waals surface area contributed by atoms with Crippen molar-refractivity contribution >= 4 is 5.91 Å². The van der Waals surface area contributed by atoms with Gasteiger partial charge in [-0.25, -0.2) is 4.68 Å². The van der Waals surface area contributed by atoms with Crippen LogP contribution < -0.4 is 0 Å². The number of piperidine rings is 1. The molecule has 3 heterocycles. The minimum absolute atomic E-state index is 0.206. The Bertz CT molecular complexity index is 607. The van der Waals surface area contributed by atoms with Crippen LogP contribution in [0.3, 0.4) is 0 Å². The van der Waals surface area contributed by atoms with Crippen LogP contribution in [0.1, 0.15) is 42.3 Å². The van der Waals surface area contributed by atoms with E-state index >= 15 is 0 Å². The van der Waals surface area contributed by atoms with Gasteiger partial charge in [-0.15, -0.1) is 5.10 Å². The van der Waals surface area contributed by atoms with Gasteiger partial charge >= 0.3 is 0 Å². The summed E-state index contributed by atoms with van der Waals surface area (Å²) in [7, 11) is 0. The van der Waals surface area contributed by atoms with Gasteiger partial charge in [-0.3, -0.25) is 4.79 Å². The van der Waals surface area contributed by atoms with Crippen molar-refractivity contribution in [2.45, 2.75) is 45.6 Å². The Morgan fingerprint density at radius 1 is 1.36 bits per heavy atom. The fraction of sp³-hybridized carbons (Fsp3) is 0.600. The highest BCUT2D eigenvalue weighted by atomic mass is 16.5. The molecule has 1 aliphatic heterocycles. The fourth-order valence-electron chi connectivity index (χ4n) is 3.04. The Labute approximate surface area is 129 Å². The monoisotopic (exact) mass is 303 g/mol. The van der Waals surface area contributed by atoms with Crippen LogP contribution in [-0.2, 0) is 11.2 Å². The lowest BCUT2D eigenvalue weighted by atomic mass is 10.0. The summed E-state index contributed by atoms with van der Waals surface area (Å²) in [5, 5.41) is 11.8. The van der Waals surface area contributed by atoms with Crippen LogP contribution in [0.2, 0.25) is 0 Å². The number of aryl methyl sites for hydroxylation is 2. The molecule has 2 aromatic rings. The molecular formula is C15H21N5O2. The Morgan fingerprint density at radius 2 is 2.14 bits per heavy atom. The molecule has 0 N–H and O–H groups in total. The van der Waals surface area contributed by atoms with Gasteiger partial charge in [-0.1, -0.05) is 10.4 Å². The molecular weight excluding hydrogens is 282 g/mol. The summed E-state index contributed by atoms with van der Waals surface area (Å²) in [4.78, 5) is 14.3. The molecule has 1 saturated heterocycles. The molecule has 1 fully saturated rings. The molecule has 22 heavy (non-hydrogen) atoms. The van der Waals surface area contributed by atoms with Crippen LogP contribution in [-0.4, -0.2) is 44.0 Å². The third kappa shape index (κ3) is 3.03. The van der Waals surface area contributed by atoms with E-state index in [0.717, 1.165) is 42.9 Å². The van der Waals surface area contributed by atoms with Crippen molar-refractivity contribution < 1.29 is 9.32 Å². The smallest absolute Gasteiger partial charge is 0.222 e. The molecule has 0 bridgehead atoms. The van der Waals surface area contributed by atoms with E-state index in [2.05, 4.69) is 15.5 Å². The molecule has 0 aliphatic carbocycles. The topological polar surface area (TPSA) is 77.0 Å². The largest absolute Gasteiger partial charge is 0.361 e. The van der Waals surface area contributed by atoms with Gasteiger partial charge < -0.3 is 9.42 Å². The molecule has 0 radical (unpaired) electrons. The van der Waals surface area contributed by atoms with Gasteiger partial charge in [-0.2, -0.15) is 0 Å². The van der Waals surface area contributed by atoms with Crippen molar-refractivity contribution in [3.05, 3.63) is 29.4 Å². The normalized spacial score (nSPS) is 16.2. The Balaban J connectivity index is 1.50. The van der Waals surface area contributed by atoms with E-state index in [1.165, 1.54) is 0 Å². The Morgan fingerprint density at radius 3 is 2.73 bits per heavy atom. The van der Waals surface area contributed by atoms with E-state index in [-0.39, 0.29) is 5.91 Å². The summed E-state index contributed by atoms with van der Waals surface area (Å²) in [5.41, 5.74) is 1.95. The average Bonchev–Trinajstić information content (AvgIpc) is 3.17. The van der Waals surface area contributed by atoms with Crippen LogP contribution in [0.5, 0.6) is 0 Å². The SMILES string of the molecule is Cc1noc(C)c1CCC(=O)N1CCC(n2ccnn2)CC1. The number of hydrogen-bond acceptors (Lipinski definition) is 5. The summed E-state index contributed by atoms with van der Waals surface area (Å²) in [6, 6.07) is 0.356. The molecule has 0 unspecified atom stereocenters. The number of aromatic nitrogens is 4. The molecule has 0 spiro atoms. The number of carbonyl (C=O) groups is 1. The summed E-state index contributed by atoms with van der Waals surface area (Å²) in [6.07, 6.45) is 6.65. The highest BCUT2D eigenvalue weighted by Crippen LogP contribution is 2.22. The molecule has 118 valence electrons. The van der Waals surface area contributed by atoms with Gasteiger partial charge in [-0.05, 0) is 33.1 Å². The van der Waals surface area contributed by atoms with Gasteiger partial charge in [0.15, 0.2) is 0 Å². The first kappa shape index (κ1) is 14.7. The van der Waals surface area contributed by atoms with E-state index in [1.807, 2.05) is 29.6 Å². The quantitative estimate of drug-likeness (QED) is 0.859. The zero-order valence-electron chi connectivity index (χ0n) is 13.0. The lowest BCUT2D eigenvalue weighted by molar-refractivity contribution is -0.132. The van der Waals surface area contributed by atoms with E-state index in [1.54, 1.807) is 6.20 Å². The maximum atomic E-state index is 12.3. The van der Waals surface area contributed by atoms with Gasteiger partial charge in [0.2, 0.25) is 5.91 Å². The summed E-state index contributed by atoms with van der Waals surface area (Å²) < 4.78 is 7.03. The number of hydrogen-bond donors (Lipinski definition) is 0. The van der Waals surface area contributed by atoms with Crippen LogP contribution in [0.25, 0.3) is 0 Å². The first-order chi connectivity index (χ1) is 10.6. The van der Waals surface area contributed by atoms with Crippen molar-refractivity contribution in [1.82, 2.24) is 25.1 Å². The lowest BCUT2D eigenvalue weighted by Gasteiger charge is -2.31. The van der Waals surface area contributed by atoms with Crippen LogP contribution >= 0.6 is 0 Å². The van der Waals surface area contributed by atoms with Crippen molar-refractivity contribution in [1.29, 1.82) is 0 Å². The Kier molecular flexibility index (Phi) is 4.22. The second-order valence-electron chi connectivity index (χ2n) is 5.80. The number of nitrogens with zero attached hydrogens (tertiary/aromatic N) is 5. The predicted octanol–water partition coefficient (Wildman–Crippen LogP) is 1.68. The van der Waals surface area contributed by atoms with Gasteiger partial charge in [0.05, 0.1) is 17.9 Å². The van der Waals surface area contributed by atoms with Gasteiger partial charge in [0.25, 0.3) is 0 Å². The van der Waals surface area contributed by atoms with Crippen molar-refractivity contribution in [3.8, 4) is 0 Å². The van der Waals surface area contributed by atoms with E-state index < -0.39 is 0 Å². The molecule has 0 saturated carbocycles. The molecule has 2 aromatic heterocycles. The molecule has 7 nitrogen and oxygen atoms in total. The van der Waals surface area contributed by atoms with Gasteiger partial charge in [0.1, 0.15) is 5.76 Å². The third-order valence-electron chi connectivity index (χ3n) is 4.40. The van der Waals surface area contributed by atoms with E-state index in [0.29, 0.717) is 18.9 Å². The molecule has 3 rings (SSSR count). The number of amides is 1. The average molecular weight is 303 g/mol. The number of rotatable bonds is 4. The van der Waals surface area contributed by atoms with Crippen LogP contribution in [0.4, 0.5) is 0 Å². The Hall–Kier alpha value is -2.18. The van der Waals surface area contributed by atoms with Crippen molar-refractivity contribution in [3.63, 3.8) is 0 Å². The molecule has 1 amide bonds. The van der Waals surface area contributed by atoms with Crippen LogP contribution in [0, 0.1) is 13.8 Å². The molecule has 0 aromatic carbocycles. The number of likely N-dealkylation sites (tertiary alicyclic amines) is 1. The highest BCUT2D eigenvalue weighted by molar-refractivity contribution is 5.76. The second kappa shape index (κ2) is 6.29. The summed E-state index contributed by atoms with van der Waals surface area (Å²) in [6.45, 7) is 5.37. The van der Waals surface area contributed by atoms with Crippen molar-refractivity contribution in [2.24, 2.45) is 0 Å². The standard InChI is InChI=1S/C15H21N5O2/c1-11-14(12(2)22-17-11)3-4-15(21)19-8-5-13(6-9-19)20-10-7-16-18-20/h7,10,13H,3-6,8-9H2,1-2H3. The highest BCUT2D eigenvalue weighted by Gasteiger charge is 2.24. The molecule has 0 atom stereocenters. The maximum absolute atomic E-state index is 12.3. The minimum atomic E-state index is 0.206. The summed E-state index contributed by atoms with van der Waals surface area (Å²) >= 11 is 0. The molecule has 7 heteroatoms. The second-order valence-corrected chi connectivity index (χ2v) is 5.80. The van der Waals surface area contributed by atoms with E-state index in [4.69, 9.17) is 4.52 Å². The summed E-state index contributed by atoms with van der Waals surface area (Å²) in [5.74, 6) is 1.02. The minimum Gasteiger partial charge on any atom is -0.361 e. The number of carbonyl (C=O) groups excluding carboxylic acids is 1. The maximum Gasteiger partial charge on any atom is 0.222 e. The van der Waals surface area contributed by atoms with Crippen molar-refractivity contribution in [2.75, 3.05) is 13.1 Å². The fourth-order valence-corrected chi connectivity index (χ4v) is 3.04. The molecule has 1 aliphatic rings. The van der Waals surface area contributed by atoms with E-state index in [9.17, 15) is 4.79 Å². The zero-order valence-corrected chi connectivity index (χ0v) is 13.0. The first-order valence-corrected chi connectivity index (χ1v) is 7.70. The first-order valence-electron chi connectivity index (χ1n) is 7.70. The lowest BCUT2D eigenvalue weighted by Crippen LogP contribution is -2.39. The van der Waals surface area contributed by atoms with Gasteiger partial charge in [0, 0.05) is 31.3 Å². The zero-order chi connectivity index (χ0) is 15.5. The predicted molar refractivity (Wildman–Crippen MR) is 79.2 cm³/mol.